The fourth-order valence-corrected chi connectivity index (χ4v) is 5.33. The van der Waals surface area contributed by atoms with Crippen LogP contribution in [0.25, 0.3) is 0 Å². The first-order chi connectivity index (χ1) is 19.9. The molecule has 0 bridgehead atoms. The number of ether oxygens (including phenoxy) is 2. The first-order valence-corrected chi connectivity index (χ1v) is 13.6. The van der Waals surface area contributed by atoms with Crippen LogP contribution in [0.3, 0.4) is 0 Å². The molecule has 8 nitrogen and oxygen atoms in total. The summed E-state index contributed by atoms with van der Waals surface area (Å²) in [7, 11) is 1.60. The molecule has 206 valence electrons. The van der Waals surface area contributed by atoms with E-state index in [0.717, 1.165) is 18.4 Å². The smallest absolute Gasteiger partial charge is 0.263 e. The number of methoxy groups -OCH3 is 1. The molecule has 3 aromatic carbocycles. The maximum absolute atomic E-state index is 13.5. The molecule has 0 aliphatic carbocycles. The Morgan fingerprint density at radius 2 is 1.63 bits per heavy atom. The molecule has 1 unspecified atom stereocenters. The van der Waals surface area contributed by atoms with Gasteiger partial charge in [-0.25, -0.2) is 0 Å². The summed E-state index contributed by atoms with van der Waals surface area (Å²) < 4.78 is 11.8. The van der Waals surface area contributed by atoms with Crippen molar-refractivity contribution < 1.29 is 23.9 Å². The largest absolute Gasteiger partial charge is 0.493 e. The van der Waals surface area contributed by atoms with Gasteiger partial charge < -0.3 is 14.4 Å². The van der Waals surface area contributed by atoms with Crippen LogP contribution in [-0.2, 0) is 19.5 Å². The van der Waals surface area contributed by atoms with Crippen LogP contribution < -0.4 is 14.4 Å². The summed E-state index contributed by atoms with van der Waals surface area (Å²) >= 11 is 0. The molecular formula is C33H29N3O5. The number of carbonyl (C=O) groups is 3. The molecular weight excluding hydrogens is 518 g/mol. The zero-order valence-corrected chi connectivity index (χ0v) is 22.9. The highest BCUT2D eigenvalue weighted by Crippen LogP contribution is 2.37. The van der Waals surface area contributed by atoms with Crippen LogP contribution in [0.2, 0.25) is 0 Å². The topological polar surface area (TPSA) is 89.0 Å². The summed E-state index contributed by atoms with van der Waals surface area (Å²) in [6.45, 7) is 2.51. The van der Waals surface area contributed by atoms with Crippen molar-refractivity contribution >= 4 is 23.4 Å². The van der Waals surface area contributed by atoms with Gasteiger partial charge in [-0.2, -0.15) is 0 Å². The standard InChI is InChI=1S/C33H29N3O5/c1-21(8-9-22-6-4-3-5-7-22)41-30-17-25(12-13-29(30)40-2)35-20-24-11-10-23(16-27(24)32(35)38)19-36-31(37)26-14-15-34-18-28(26)33(36)39/h3-7,10-18,21H,8-9,19-20H2,1-2H3. The number of aromatic nitrogens is 1. The Hall–Kier alpha value is -4.98. The molecule has 0 radical (unpaired) electrons. The zero-order chi connectivity index (χ0) is 28.5. The third-order valence-corrected chi connectivity index (χ3v) is 7.56. The highest BCUT2D eigenvalue weighted by Gasteiger charge is 2.36. The molecule has 0 spiro atoms. The minimum atomic E-state index is -0.379. The molecule has 1 aromatic heterocycles. The van der Waals surface area contributed by atoms with Crippen LogP contribution in [0, 0.1) is 0 Å². The maximum Gasteiger partial charge on any atom is 0.263 e. The number of nitrogens with zero attached hydrogens (tertiary/aromatic N) is 3. The van der Waals surface area contributed by atoms with Crippen LogP contribution in [0.4, 0.5) is 5.69 Å². The van der Waals surface area contributed by atoms with Gasteiger partial charge in [-0.15, -0.1) is 0 Å². The first kappa shape index (κ1) is 26.3. The number of aryl methyl sites for hydroxylation is 1. The summed E-state index contributed by atoms with van der Waals surface area (Å²) in [5.74, 6) is 0.291. The van der Waals surface area contributed by atoms with Gasteiger partial charge in [0.25, 0.3) is 17.7 Å². The van der Waals surface area contributed by atoms with Crippen LogP contribution in [-0.4, -0.2) is 40.8 Å². The average molecular weight is 548 g/mol. The van der Waals surface area contributed by atoms with E-state index in [2.05, 4.69) is 17.1 Å². The number of amides is 3. The maximum atomic E-state index is 13.5. The lowest BCUT2D eigenvalue weighted by molar-refractivity contribution is 0.0642. The Morgan fingerprint density at radius 1 is 0.829 bits per heavy atom. The van der Waals surface area contributed by atoms with E-state index in [9.17, 15) is 14.4 Å². The Labute approximate surface area is 238 Å². The van der Waals surface area contributed by atoms with E-state index in [4.69, 9.17) is 9.47 Å². The third-order valence-electron chi connectivity index (χ3n) is 7.56. The molecule has 3 heterocycles. The molecule has 0 fully saturated rings. The molecule has 41 heavy (non-hydrogen) atoms. The lowest BCUT2D eigenvalue weighted by Crippen LogP contribution is -2.29. The van der Waals surface area contributed by atoms with Gasteiger partial charge in [0.2, 0.25) is 0 Å². The molecule has 0 saturated carbocycles. The number of pyridine rings is 1. The predicted molar refractivity (Wildman–Crippen MR) is 153 cm³/mol. The average Bonchev–Trinajstić information content (AvgIpc) is 3.45. The fraction of sp³-hybridized carbons (Fsp3) is 0.212. The fourth-order valence-electron chi connectivity index (χ4n) is 5.33. The number of carbonyl (C=O) groups excluding carboxylic acids is 3. The molecule has 0 N–H and O–H groups in total. The molecule has 1 atom stereocenters. The molecule has 0 saturated heterocycles. The van der Waals surface area contributed by atoms with E-state index in [0.29, 0.717) is 46.0 Å². The van der Waals surface area contributed by atoms with Crippen LogP contribution in [0.15, 0.2) is 85.2 Å². The summed E-state index contributed by atoms with van der Waals surface area (Å²) in [5, 5.41) is 0. The van der Waals surface area contributed by atoms with Crippen molar-refractivity contribution in [3.63, 3.8) is 0 Å². The number of rotatable bonds is 9. The monoisotopic (exact) mass is 547 g/mol. The van der Waals surface area contributed by atoms with Gasteiger partial charge in [-0.05, 0) is 60.7 Å². The number of anilines is 1. The van der Waals surface area contributed by atoms with E-state index in [1.54, 1.807) is 24.1 Å². The van der Waals surface area contributed by atoms with Gasteiger partial charge in [-0.3, -0.25) is 24.3 Å². The van der Waals surface area contributed by atoms with Crippen LogP contribution >= 0.6 is 0 Å². The van der Waals surface area contributed by atoms with Crippen molar-refractivity contribution in [1.82, 2.24) is 9.88 Å². The van der Waals surface area contributed by atoms with E-state index in [-0.39, 0.29) is 30.4 Å². The Kier molecular flexibility index (Phi) is 6.97. The lowest BCUT2D eigenvalue weighted by atomic mass is 10.1. The van der Waals surface area contributed by atoms with Gasteiger partial charge in [0.1, 0.15) is 0 Å². The number of hydrogen-bond donors (Lipinski definition) is 0. The SMILES string of the molecule is COc1ccc(N2Cc3ccc(CN4C(=O)c5ccncc5C4=O)cc3C2=O)cc1OC(C)CCc1ccccc1. The molecule has 2 aliphatic rings. The van der Waals surface area contributed by atoms with Gasteiger partial charge in [0.05, 0.1) is 37.4 Å². The highest BCUT2D eigenvalue weighted by atomic mass is 16.5. The van der Waals surface area contributed by atoms with Gasteiger partial charge in [-0.1, -0.05) is 42.5 Å². The molecule has 6 rings (SSSR count). The Balaban J connectivity index is 1.17. The number of imide groups is 1. The van der Waals surface area contributed by atoms with E-state index in [1.165, 1.54) is 22.9 Å². The minimum Gasteiger partial charge on any atom is -0.493 e. The normalized spacial score (nSPS) is 14.7. The van der Waals surface area contributed by atoms with Crippen molar-refractivity contribution in [3.05, 3.63) is 119 Å². The van der Waals surface area contributed by atoms with Crippen molar-refractivity contribution in [1.29, 1.82) is 0 Å². The quantitative estimate of drug-likeness (QED) is 0.259. The van der Waals surface area contributed by atoms with E-state index in [1.807, 2.05) is 55.5 Å². The van der Waals surface area contributed by atoms with E-state index < -0.39 is 0 Å². The summed E-state index contributed by atoms with van der Waals surface area (Å²) in [6.07, 6.45) is 4.57. The summed E-state index contributed by atoms with van der Waals surface area (Å²) in [4.78, 5) is 46.0. The third kappa shape index (κ3) is 5.04. The summed E-state index contributed by atoms with van der Waals surface area (Å²) in [6, 6.07) is 22.8. The van der Waals surface area contributed by atoms with Gasteiger partial charge in [0.15, 0.2) is 11.5 Å². The lowest BCUT2D eigenvalue weighted by Gasteiger charge is -2.21. The van der Waals surface area contributed by atoms with Crippen molar-refractivity contribution in [2.75, 3.05) is 12.0 Å². The molecule has 8 heteroatoms. The van der Waals surface area contributed by atoms with E-state index >= 15 is 0 Å². The second-order valence-electron chi connectivity index (χ2n) is 10.3. The minimum absolute atomic E-state index is 0.0636. The second kappa shape index (κ2) is 10.9. The molecule has 2 aliphatic heterocycles. The number of fused-ring (bicyclic) bond motifs is 2. The van der Waals surface area contributed by atoms with Crippen molar-refractivity contribution in [2.45, 2.75) is 39.0 Å². The second-order valence-corrected chi connectivity index (χ2v) is 10.3. The van der Waals surface area contributed by atoms with Gasteiger partial charge in [0, 0.05) is 29.7 Å². The summed E-state index contributed by atoms with van der Waals surface area (Å²) in [5.41, 5.74) is 4.73. The predicted octanol–water partition coefficient (Wildman–Crippen LogP) is 5.45. The Morgan fingerprint density at radius 3 is 2.41 bits per heavy atom. The van der Waals surface area contributed by atoms with Gasteiger partial charge >= 0.3 is 0 Å². The number of benzene rings is 3. The molecule has 3 amide bonds. The first-order valence-electron chi connectivity index (χ1n) is 13.6. The van der Waals surface area contributed by atoms with Crippen LogP contribution in [0.1, 0.15) is 61.1 Å². The zero-order valence-electron chi connectivity index (χ0n) is 22.9. The van der Waals surface area contributed by atoms with Crippen molar-refractivity contribution in [3.8, 4) is 11.5 Å². The molecule has 4 aromatic rings. The number of hydrogen-bond acceptors (Lipinski definition) is 6. The highest BCUT2D eigenvalue weighted by molar-refractivity contribution is 6.21. The van der Waals surface area contributed by atoms with Crippen molar-refractivity contribution in [2.24, 2.45) is 0 Å². The Bertz CT molecular complexity index is 1620. The van der Waals surface area contributed by atoms with Crippen LogP contribution in [0.5, 0.6) is 11.5 Å².